The first kappa shape index (κ1) is 14.3. The Kier molecular flexibility index (Phi) is 6.09. The van der Waals surface area contributed by atoms with Crippen molar-refractivity contribution in [3.05, 3.63) is 0 Å². The van der Waals surface area contributed by atoms with Crippen molar-refractivity contribution < 1.29 is 14.3 Å². The molecule has 0 saturated carbocycles. The van der Waals surface area contributed by atoms with Crippen LogP contribution in [0, 0.1) is 0 Å². The molecule has 0 aromatic heterocycles. The quantitative estimate of drug-likeness (QED) is 0.564. The van der Waals surface area contributed by atoms with Gasteiger partial charge in [0.15, 0.2) is 0 Å². The summed E-state index contributed by atoms with van der Waals surface area (Å²) < 4.78 is 2.40. The number of hydrogen-bond acceptors (Lipinski definition) is 3. The molecule has 0 saturated heterocycles. The number of ether oxygens (including phenoxy) is 1. The van der Waals surface area contributed by atoms with Gasteiger partial charge in [-0.1, -0.05) is 34.8 Å². The SMILES string of the molecule is [NH]C(=O)C(OCCCl)C(=O)C(Cl)(Cl)Cl. The van der Waals surface area contributed by atoms with Gasteiger partial charge in [-0.05, 0) is 0 Å². The van der Waals surface area contributed by atoms with Gasteiger partial charge in [0, 0.05) is 5.88 Å². The molecule has 1 unspecified atom stereocenters. The Hall–Kier alpha value is 0.260. The lowest BCUT2D eigenvalue weighted by Gasteiger charge is -2.16. The molecule has 0 fully saturated rings. The molecular weight excluding hydrogens is 276 g/mol. The van der Waals surface area contributed by atoms with Gasteiger partial charge in [-0.25, -0.2) is 0 Å². The van der Waals surface area contributed by atoms with E-state index < -0.39 is 21.6 Å². The zero-order valence-electron chi connectivity index (χ0n) is 6.73. The summed E-state index contributed by atoms with van der Waals surface area (Å²) in [7, 11) is 0. The third-order valence-corrected chi connectivity index (χ3v) is 1.83. The number of amides is 1. The molecule has 0 heterocycles. The third kappa shape index (κ3) is 4.66. The molecule has 0 aromatic rings. The van der Waals surface area contributed by atoms with E-state index in [2.05, 4.69) is 4.74 Å². The topological polar surface area (TPSA) is 67.2 Å². The molecule has 1 radical (unpaired) electrons. The lowest BCUT2D eigenvalue weighted by Crippen LogP contribution is -2.41. The van der Waals surface area contributed by atoms with Crippen LogP contribution in [0.3, 0.4) is 0 Å². The van der Waals surface area contributed by atoms with Crippen LogP contribution in [0.15, 0.2) is 0 Å². The van der Waals surface area contributed by atoms with E-state index in [0.717, 1.165) is 0 Å². The van der Waals surface area contributed by atoms with Gasteiger partial charge >= 0.3 is 0 Å². The first-order valence-electron chi connectivity index (χ1n) is 3.34. The number of Topliss-reactive ketones (excluding diaryl/α,β-unsaturated/α-hetero) is 1. The van der Waals surface area contributed by atoms with Gasteiger partial charge < -0.3 is 4.74 Å². The summed E-state index contributed by atoms with van der Waals surface area (Å²) in [6, 6.07) is 0. The highest BCUT2D eigenvalue weighted by Gasteiger charge is 2.40. The summed E-state index contributed by atoms with van der Waals surface area (Å²) in [5.41, 5.74) is 6.72. The van der Waals surface area contributed by atoms with Crippen LogP contribution >= 0.6 is 46.4 Å². The molecule has 4 nitrogen and oxygen atoms in total. The molecule has 0 aliphatic carbocycles. The maximum Gasteiger partial charge on any atom is 0.275 e. The average molecular weight is 282 g/mol. The van der Waals surface area contributed by atoms with Crippen LogP contribution in [-0.4, -0.2) is 34.1 Å². The molecule has 0 rings (SSSR count). The second-order valence-electron chi connectivity index (χ2n) is 2.17. The van der Waals surface area contributed by atoms with Crippen LogP contribution in [-0.2, 0) is 14.3 Å². The van der Waals surface area contributed by atoms with Crippen LogP contribution in [0.5, 0.6) is 0 Å². The summed E-state index contributed by atoms with van der Waals surface area (Å²) >= 11 is 21.0. The number of halogens is 4. The lowest BCUT2D eigenvalue weighted by molar-refractivity contribution is -0.141. The minimum absolute atomic E-state index is 0.0664. The fourth-order valence-electron chi connectivity index (χ4n) is 0.581. The number of nitrogens with one attached hydrogen (secondary N) is 1. The first-order valence-corrected chi connectivity index (χ1v) is 5.01. The minimum Gasteiger partial charge on any atom is -0.359 e. The van der Waals surface area contributed by atoms with E-state index in [0.29, 0.717) is 0 Å². The molecule has 1 amide bonds. The van der Waals surface area contributed by atoms with E-state index in [1.54, 1.807) is 0 Å². The number of ketones is 1. The molecule has 14 heavy (non-hydrogen) atoms. The standard InChI is InChI=1S/C6H6Cl4NO3/c7-1-2-14-3(5(11)13)4(12)6(8,9)10/h3,11H,1-2H2. The van der Waals surface area contributed by atoms with Gasteiger partial charge in [-0.3, -0.25) is 15.3 Å². The zero-order valence-corrected chi connectivity index (χ0v) is 9.75. The third-order valence-electron chi connectivity index (χ3n) is 1.12. The van der Waals surface area contributed by atoms with E-state index in [1.165, 1.54) is 0 Å². The molecule has 0 aliphatic heterocycles. The number of carbonyl (C=O) groups excluding carboxylic acids is 2. The summed E-state index contributed by atoms with van der Waals surface area (Å²) in [5.74, 6) is -2.30. The van der Waals surface area contributed by atoms with Gasteiger partial charge in [0.05, 0.1) is 6.61 Å². The predicted molar refractivity (Wildman–Crippen MR) is 53.9 cm³/mol. The monoisotopic (exact) mass is 280 g/mol. The summed E-state index contributed by atoms with van der Waals surface area (Å²) in [5, 5.41) is 0. The Balaban J connectivity index is 4.50. The van der Waals surface area contributed by atoms with Gasteiger partial charge in [0.1, 0.15) is 0 Å². The maximum absolute atomic E-state index is 11.2. The van der Waals surface area contributed by atoms with E-state index in [1.807, 2.05) is 0 Å². The fourth-order valence-corrected chi connectivity index (χ4v) is 0.968. The van der Waals surface area contributed by atoms with Crippen molar-refractivity contribution >= 4 is 58.1 Å². The van der Waals surface area contributed by atoms with Crippen LogP contribution < -0.4 is 5.73 Å². The Morgan fingerprint density at radius 1 is 1.36 bits per heavy atom. The zero-order chi connectivity index (χ0) is 11.4. The first-order chi connectivity index (χ1) is 6.30. The molecule has 8 heteroatoms. The number of carbonyl (C=O) groups is 2. The van der Waals surface area contributed by atoms with Crippen molar-refractivity contribution in [2.75, 3.05) is 12.5 Å². The van der Waals surface area contributed by atoms with Gasteiger partial charge in [-0.2, -0.15) is 0 Å². The van der Waals surface area contributed by atoms with Crippen molar-refractivity contribution in [3.63, 3.8) is 0 Å². The van der Waals surface area contributed by atoms with Crippen molar-refractivity contribution in [2.45, 2.75) is 9.90 Å². The van der Waals surface area contributed by atoms with E-state index >= 15 is 0 Å². The average Bonchev–Trinajstić information content (AvgIpc) is 2.02. The van der Waals surface area contributed by atoms with Crippen LogP contribution in [0.4, 0.5) is 0 Å². The molecule has 0 spiro atoms. The molecule has 81 valence electrons. The van der Waals surface area contributed by atoms with Crippen molar-refractivity contribution in [1.29, 1.82) is 0 Å². The Morgan fingerprint density at radius 3 is 2.14 bits per heavy atom. The van der Waals surface area contributed by atoms with Crippen LogP contribution in [0.2, 0.25) is 0 Å². The summed E-state index contributed by atoms with van der Waals surface area (Å²) in [6.45, 7) is -0.0800. The van der Waals surface area contributed by atoms with E-state index in [-0.39, 0.29) is 12.5 Å². The molecule has 1 N–H and O–H groups in total. The van der Waals surface area contributed by atoms with Gasteiger partial charge in [0.2, 0.25) is 11.9 Å². The predicted octanol–water partition coefficient (Wildman–Crippen LogP) is 1.36. The van der Waals surface area contributed by atoms with E-state index in [9.17, 15) is 9.59 Å². The highest BCUT2D eigenvalue weighted by Crippen LogP contribution is 2.29. The second-order valence-corrected chi connectivity index (χ2v) is 4.83. The molecule has 0 bridgehead atoms. The summed E-state index contributed by atoms with van der Waals surface area (Å²) in [4.78, 5) is 21.8. The number of rotatable bonds is 5. The van der Waals surface area contributed by atoms with Crippen molar-refractivity contribution in [2.24, 2.45) is 0 Å². The Labute approximate surface area is 101 Å². The largest absolute Gasteiger partial charge is 0.359 e. The highest BCUT2D eigenvalue weighted by atomic mass is 35.6. The second kappa shape index (κ2) is 5.98. The van der Waals surface area contributed by atoms with Crippen LogP contribution in [0.25, 0.3) is 0 Å². The highest BCUT2D eigenvalue weighted by molar-refractivity contribution is 6.77. The smallest absolute Gasteiger partial charge is 0.275 e. The molecule has 0 aliphatic rings. The minimum atomic E-state index is -2.27. The van der Waals surface area contributed by atoms with Gasteiger partial charge in [0.25, 0.3) is 9.70 Å². The summed E-state index contributed by atoms with van der Waals surface area (Å²) in [6.07, 6.45) is -1.69. The number of alkyl halides is 4. The van der Waals surface area contributed by atoms with Gasteiger partial charge in [-0.15, -0.1) is 11.6 Å². The van der Waals surface area contributed by atoms with Crippen molar-refractivity contribution in [1.82, 2.24) is 5.73 Å². The maximum atomic E-state index is 11.2. The molecule has 0 aromatic carbocycles. The Bertz CT molecular complexity index is 228. The molecule has 1 atom stereocenters. The van der Waals surface area contributed by atoms with Crippen molar-refractivity contribution in [3.8, 4) is 0 Å². The Morgan fingerprint density at radius 2 is 1.86 bits per heavy atom. The van der Waals surface area contributed by atoms with Crippen LogP contribution in [0.1, 0.15) is 0 Å². The lowest BCUT2D eigenvalue weighted by atomic mass is 10.2. The number of hydrogen-bond donors (Lipinski definition) is 0. The van der Waals surface area contributed by atoms with E-state index in [4.69, 9.17) is 52.1 Å². The normalized spacial score (nSPS) is 13.7. The fraction of sp³-hybridized carbons (Fsp3) is 0.667. The molecular formula is C6H6Cl4NO3.